The summed E-state index contributed by atoms with van der Waals surface area (Å²) in [7, 11) is 4.37. The zero-order chi connectivity index (χ0) is 20.6. The van der Waals surface area contributed by atoms with Crippen molar-refractivity contribution in [3.8, 4) is 17.2 Å². The Hall–Kier alpha value is -2.74. The third-order valence-corrected chi connectivity index (χ3v) is 5.23. The molecule has 1 aromatic carbocycles. The van der Waals surface area contributed by atoms with Crippen molar-refractivity contribution in [2.24, 2.45) is 11.0 Å². The molecule has 1 spiro atoms. The average molecular weight is 409 g/mol. The van der Waals surface area contributed by atoms with Crippen molar-refractivity contribution in [2.75, 3.05) is 21.3 Å². The predicted octanol–water partition coefficient (Wildman–Crippen LogP) is 2.73. The van der Waals surface area contributed by atoms with E-state index in [1.54, 1.807) is 12.1 Å². The summed E-state index contributed by atoms with van der Waals surface area (Å²) >= 11 is 6.41. The lowest BCUT2D eigenvalue weighted by molar-refractivity contribution is -0.118. The Morgan fingerprint density at radius 2 is 1.96 bits per heavy atom. The molecule has 2 aliphatic rings. The summed E-state index contributed by atoms with van der Waals surface area (Å²) in [5.74, 6) is 0.139. The minimum absolute atomic E-state index is 0.184. The topological polar surface area (TPSA) is 95.5 Å². The largest absolute Gasteiger partial charge is 0.496 e. The van der Waals surface area contributed by atoms with Gasteiger partial charge in [-0.2, -0.15) is 5.10 Å². The Bertz CT molecular complexity index is 910. The summed E-state index contributed by atoms with van der Waals surface area (Å²) in [5, 5.41) is 4.25. The van der Waals surface area contributed by atoms with E-state index in [4.69, 9.17) is 30.5 Å². The van der Waals surface area contributed by atoms with E-state index < -0.39 is 5.60 Å². The van der Waals surface area contributed by atoms with Gasteiger partial charge < -0.3 is 18.9 Å². The predicted molar refractivity (Wildman–Crippen MR) is 102 cm³/mol. The van der Waals surface area contributed by atoms with E-state index >= 15 is 0 Å². The van der Waals surface area contributed by atoms with Crippen LogP contribution in [0.3, 0.4) is 0 Å². The lowest BCUT2D eigenvalue weighted by atomic mass is 9.75. The molecule has 0 radical (unpaired) electrons. The summed E-state index contributed by atoms with van der Waals surface area (Å²) in [6.45, 7) is 3.21. The van der Waals surface area contributed by atoms with Crippen molar-refractivity contribution in [3.05, 3.63) is 28.5 Å². The summed E-state index contributed by atoms with van der Waals surface area (Å²) in [6.07, 6.45) is 1.97. The molecule has 1 aliphatic carbocycles. The van der Waals surface area contributed by atoms with Gasteiger partial charge in [0.2, 0.25) is 17.3 Å². The number of hydrazone groups is 1. The number of fused-ring (bicyclic) bond motifs is 1. The van der Waals surface area contributed by atoms with Crippen molar-refractivity contribution in [2.45, 2.75) is 25.9 Å². The standard InChI is InChI=1S/C19H21ClN2O6/c1-9-6-11(22-21-10(2)23)7-14(27-5)19(9)18(24)15-12(25-3)8-13(26-4)16(20)17(15)28-19/h7-9H,6H2,1-5H3,(H,21,23)/b22-11+. The number of ether oxygens (including phenoxy) is 4. The second kappa shape index (κ2) is 7.35. The number of amides is 1. The van der Waals surface area contributed by atoms with Crippen LogP contribution in [0.4, 0.5) is 0 Å². The van der Waals surface area contributed by atoms with Gasteiger partial charge in [0.15, 0.2) is 5.75 Å². The van der Waals surface area contributed by atoms with Crippen LogP contribution in [0.25, 0.3) is 0 Å². The van der Waals surface area contributed by atoms with Crippen molar-refractivity contribution in [3.63, 3.8) is 0 Å². The molecule has 1 aromatic rings. The number of Topliss-reactive ketones (excluding diaryl/α,β-unsaturated/α-hetero) is 1. The van der Waals surface area contributed by atoms with Gasteiger partial charge >= 0.3 is 0 Å². The van der Waals surface area contributed by atoms with Gasteiger partial charge in [0.25, 0.3) is 0 Å². The van der Waals surface area contributed by atoms with E-state index in [0.717, 1.165) is 0 Å². The summed E-state index contributed by atoms with van der Waals surface area (Å²) in [6, 6.07) is 1.55. The van der Waals surface area contributed by atoms with Crippen LogP contribution in [0, 0.1) is 5.92 Å². The van der Waals surface area contributed by atoms with Crippen LogP contribution in [0.5, 0.6) is 17.2 Å². The first-order valence-corrected chi connectivity index (χ1v) is 8.95. The molecule has 28 heavy (non-hydrogen) atoms. The molecule has 150 valence electrons. The second-order valence-corrected chi connectivity index (χ2v) is 6.93. The molecule has 8 nitrogen and oxygen atoms in total. The first-order valence-electron chi connectivity index (χ1n) is 8.57. The summed E-state index contributed by atoms with van der Waals surface area (Å²) in [4.78, 5) is 24.7. The van der Waals surface area contributed by atoms with Crippen LogP contribution in [0.15, 0.2) is 23.0 Å². The van der Waals surface area contributed by atoms with Crippen LogP contribution in [-0.2, 0) is 9.53 Å². The fourth-order valence-corrected chi connectivity index (χ4v) is 3.81. The second-order valence-electron chi connectivity index (χ2n) is 6.56. The van der Waals surface area contributed by atoms with Gasteiger partial charge in [-0.15, -0.1) is 0 Å². The minimum atomic E-state index is -1.41. The molecule has 1 heterocycles. The molecule has 1 amide bonds. The molecule has 1 N–H and O–H groups in total. The number of carbonyl (C=O) groups is 2. The molecular weight excluding hydrogens is 388 g/mol. The van der Waals surface area contributed by atoms with E-state index in [1.165, 1.54) is 28.3 Å². The lowest BCUT2D eigenvalue weighted by Crippen LogP contribution is -2.51. The Balaban J connectivity index is 2.15. The molecule has 1 aliphatic heterocycles. The number of hydrogen-bond donors (Lipinski definition) is 1. The van der Waals surface area contributed by atoms with Crippen LogP contribution >= 0.6 is 11.6 Å². The molecule has 2 unspecified atom stereocenters. The SMILES string of the molecule is COC1=C/C(=N/NC(C)=O)CC(C)C12Oc1c(Cl)c(OC)cc(OC)c1C2=O. The summed E-state index contributed by atoms with van der Waals surface area (Å²) < 4.78 is 22.3. The highest BCUT2D eigenvalue weighted by Crippen LogP contribution is 2.54. The zero-order valence-electron chi connectivity index (χ0n) is 16.2. The first kappa shape index (κ1) is 20.0. The van der Waals surface area contributed by atoms with Crippen LogP contribution in [-0.4, -0.2) is 44.3 Å². The molecule has 2 atom stereocenters. The monoisotopic (exact) mass is 408 g/mol. The quantitative estimate of drug-likeness (QED) is 0.769. The molecule has 0 bridgehead atoms. The Labute approximate surface area is 167 Å². The number of allylic oxidation sites excluding steroid dienone is 1. The van der Waals surface area contributed by atoms with Gasteiger partial charge in [-0.25, -0.2) is 5.43 Å². The van der Waals surface area contributed by atoms with Crippen LogP contribution in [0.1, 0.15) is 30.6 Å². The molecule has 0 saturated heterocycles. The lowest BCUT2D eigenvalue weighted by Gasteiger charge is -2.37. The van der Waals surface area contributed by atoms with E-state index in [2.05, 4.69) is 10.5 Å². The number of rotatable bonds is 4. The number of hydrogen-bond acceptors (Lipinski definition) is 7. The maximum atomic E-state index is 13.5. The first-order chi connectivity index (χ1) is 13.3. The van der Waals surface area contributed by atoms with Gasteiger partial charge in [0, 0.05) is 25.0 Å². The zero-order valence-corrected chi connectivity index (χ0v) is 17.0. The highest BCUT2D eigenvalue weighted by molar-refractivity contribution is 6.35. The normalized spacial score (nSPS) is 24.5. The van der Waals surface area contributed by atoms with Crippen molar-refractivity contribution >= 4 is 29.0 Å². The molecule has 0 aromatic heterocycles. The highest BCUT2D eigenvalue weighted by atomic mass is 35.5. The number of halogens is 1. The molecule has 0 saturated carbocycles. The van der Waals surface area contributed by atoms with Crippen molar-refractivity contribution in [1.29, 1.82) is 0 Å². The van der Waals surface area contributed by atoms with Gasteiger partial charge in [0.05, 0.1) is 27.0 Å². The number of ketones is 1. The van der Waals surface area contributed by atoms with Gasteiger partial charge in [-0.1, -0.05) is 18.5 Å². The molecule has 3 rings (SSSR count). The van der Waals surface area contributed by atoms with Gasteiger partial charge in [-0.05, 0) is 6.42 Å². The third-order valence-electron chi connectivity index (χ3n) is 4.87. The fourth-order valence-electron chi connectivity index (χ4n) is 3.54. The van der Waals surface area contributed by atoms with E-state index in [1.807, 2.05) is 6.92 Å². The highest BCUT2D eigenvalue weighted by Gasteiger charge is 2.59. The molecule has 0 fully saturated rings. The average Bonchev–Trinajstić information content (AvgIpc) is 2.98. The number of carbonyl (C=O) groups excluding carboxylic acids is 2. The van der Waals surface area contributed by atoms with Crippen LogP contribution in [0.2, 0.25) is 5.02 Å². The van der Waals surface area contributed by atoms with Crippen molar-refractivity contribution < 1.29 is 28.5 Å². The number of nitrogens with zero attached hydrogens (tertiary/aromatic N) is 1. The Morgan fingerprint density at radius 1 is 1.29 bits per heavy atom. The maximum Gasteiger partial charge on any atom is 0.236 e. The van der Waals surface area contributed by atoms with Gasteiger partial charge in [0.1, 0.15) is 27.8 Å². The van der Waals surface area contributed by atoms with E-state index in [-0.39, 0.29) is 39.7 Å². The third kappa shape index (κ3) is 2.88. The molecule has 9 heteroatoms. The van der Waals surface area contributed by atoms with Crippen molar-refractivity contribution in [1.82, 2.24) is 5.43 Å². The minimum Gasteiger partial charge on any atom is -0.496 e. The number of methoxy groups -OCH3 is 3. The summed E-state index contributed by atoms with van der Waals surface area (Å²) in [5.41, 5.74) is 1.79. The number of nitrogens with one attached hydrogen (secondary N) is 1. The van der Waals surface area contributed by atoms with Crippen LogP contribution < -0.4 is 19.6 Å². The fraction of sp³-hybridized carbons (Fsp3) is 0.421. The Morgan fingerprint density at radius 3 is 2.54 bits per heavy atom. The van der Waals surface area contributed by atoms with E-state index in [0.29, 0.717) is 23.6 Å². The smallest absolute Gasteiger partial charge is 0.236 e. The number of benzene rings is 1. The maximum absolute atomic E-state index is 13.5. The van der Waals surface area contributed by atoms with E-state index in [9.17, 15) is 9.59 Å². The Kier molecular flexibility index (Phi) is 5.25. The molecular formula is C19H21ClN2O6. The van der Waals surface area contributed by atoms with Gasteiger partial charge in [-0.3, -0.25) is 9.59 Å².